The van der Waals surface area contributed by atoms with Crippen molar-refractivity contribution in [2.45, 2.75) is 82.8 Å². The van der Waals surface area contributed by atoms with Gasteiger partial charge in [-0.2, -0.15) is 0 Å². The number of carbonyl (C=O) groups is 1. The smallest absolute Gasteiger partial charge is 0.320 e. The molecule has 2 amide bonds. The number of hydrogen-bond donors (Lipinski definition) is 0. The summed E-state index contributed by atoms with van der Waals surface area (Å²) in [6, 6.07) is 9.43. The van der Waals surface area contributed by atoms with E-state index in [1.807, 2.05) is 0 Å². The summed E-state index contributed by atoms with van der Waals surface area (Å²) in [5, 5.41) is 0. The number of hydrogen-bond acceptors (Lipinski definition) is 4. The average molecular weight is 469 g/mol. The fraction of sp³-hybridized carbons (Fsp3) is 0.750. The van der Waals surface area contributed by atoms with Gasteiger partial charge in [-0.1, -0.05) is 31.4 Å². The van der Waals surface area contributed by atoms with Gasteiger partial charge in [-0.05, 0) is 70.0 Å². The van der Waals surface area contributed by atoms with Crippen molar-refractivity contribution >= 4 is 11.7 Å². The van der Waals surface area contributed by atoms with E-state index in [-0.39, 0.29) is 0 Å². The van der Waals surface area contributed by atoms with Crippen molar-refractivity contribution in [3.8, 4) is 5.75 Å². The number of rotatable bonds is 9. The van der Waals surface area contributed by atoms with Gasteiger partial charge in [0.2, 0.25) is 0 Å². The minimum Gasteiger partial charge on any atom is -0.488 e. The van der Waals surface area contributed by atoms with Crippen LogP contribution in [0.5, 0.6) is 5.75 Å². The van der Waals surface area contributed by atoms with E-state index in [2.05, 4.69) is 43.9 Å². The normalized spacial score (nSPS) is 23.3. The third kappa shape index (κ3) is 5.81. The van der Waals surface area contributed by atoms with Gasteiger partial charge >= 0.3 is 6.03 Å². The number of carbonyl (C=O) groups excluding carboxylic acids is 1. The van der Waals surface area contributed by atoms with Crippen molar-refractivity contribution < 1.29 is 9.53 Å². The lowest BCUT2D eigenvalue weighted by atomic mass is 9.94. The largest absolute Gasteiger partial charge is 0.488 e. The molecule has 0 unspecified atom stereocenters. The van der Waals surface area contributed by atoms with Crippen molar-refractivity contribution in [1.82, 2.24) is 14.7 Å². The van der Waals surface area contributed by atoms with E-state index in [0.29, 0.717) is 18.2 Å². The summed E-state index contributed by atoms with van der Waals surface area (Å²) in [4.78, 5) is 22.2. The Morgan fingerprint density at radius 3 is 2.26 bits per heavy atom. The number of anilines is 1. The minimum absolute atomic E-state index is 0.305. The van der Waals surface area contributed by atoms with Crippen LogP contribution in [-0.4, -0.2) is 85.2 Å². The van der Waals surface area contributed by atoms with E-state index in [0.717, 1.165) is 64.5 Å². The van der Waals surface area contributed by atoms with E-state index in [1.54, 1.807) is 0 Å². The standard InChI is InChI=1S/C28H44N4O2/c33-28-31(22-23-32(28)24-10-2-1-3-11-24)17-9-8-16-29-18-20-30(21-19-29)26-14-6-7-15-27(26)34-25-12-4-5-13-25/h6-7,14-15,24-25H,1-5,8-13,16-23H2. The molecule has 1 aromatic rings. The predicted octanol–water partition coefficient (Wildman–Crippen LogP) is 4.98. The highest BCUT2D eigenvalue weighted by Gasteiger charge is 2.33. The van der Waals surface area contributed by atoms with Gasteiger partial charge in [0.15, 0.2) is 0 Å². The molecular weight excluding hydrogens is 424 g/mol. The Morgan fingerprint density at radius 1 is 0.765 bits per heavy atom. The Morgan fingerprint density at radius 2 is 1.47 bits per heavy atom. The van der Waals surface area contributed by atoms with Gasteiger partial charge in [0.25, 0.3) is 0 Å². The number of unbranched alkanes of at least 4 members (excludes halogenated alkanes) is 1. The van der Waals surface area contributed by atoms with Gasteiger partial charge in [0.05, 0.1) is 11.8 Å². The molecule has 2 aliphatic carbocycles. The lowest BCUT2D eigenvalue weighted by Crippen LogP contribution is -2.46. The summed E-state index contributed by atoms with van der Waals surface area (Å²) in [5.74, 6) is 1.07. The molecule has 2 saturated heterocycles. The van der Waals surface area contributed by atoms with E-state index in [4.69, 9.17) is 4.74 Å². The third-order valence-corrected chi connectivity index (χ3v) is 8.47. The van der Waals surface area contributed by atoms with Crippen LogP contribution in [0.25, 0.3) is 0 Å². The molecule has 2 heterocycles. The molecule has 2 aliphatic heterocycles. The van der Waals surface area contributed by atoms with Crippen molar-refractivity contribution in [2.75, 3.05) is 57.3 Å². The zero-order valence-electron chi connectivity index (χ0n) is 21.0. The summed E-state index contributed by atoms with van der Waals surface area (Å²) in [6.45, 7) is 8.27. The second-order valence-corrected chi connectivity index (χ2v) is 10.8. The molecule has 6 heteroatoms. The first kappa shape index (κ1) is 23.8. The maximum absolute atomic E-state index is 12.8. The highest BCUT2D eigenvalue weighted by molar-refractivity contribution is 5.76. The molecule has 0 spiro atoms. The van der Waals surface area contributed by atoms with Crippen molar-refractivity contribution in [3.05, 3.63) is 24.3 Å². The molecule has 0 N–H and O–H groups in total. The van der Waals surface area contributed by atoms with Gasteiger partial charge < -0.3 is 19.4 Å². The van der Waals surface area contributed by atoms with E-state index < -0.39 is 0 Å². The molecule has 34 heavy (non-hydrogen) atoms. The fourth-order valence-electron chi connectivity index (χ4n) is 6.39. The lowest BCUT2D eigenvalue weighted by Gasteiger charge is -2.37. The Balaban J connectivity index is 1.01. The second kappa shape index (κ2) is 11.7. The highest BCUT2D eigenvalue weighted by atomic mass is 16.5. The summed E-state index contributed by atoms with van der Waals surface area (Å²) >= 11 is 0. The molecule has 4 fully saturated rings. The zero-order valence-corrected chi connectivity index (χ0v) is 21.0. The predicted molar refractivity (Wildman–Crippen MR) is 138 cm³/mol. The van der Waals surface area contributed by atoms with Crippen LogP contribution in [0.1, 0.15) is 70.6 Å². The molecule has 188 valence electrons. The number of para-hydroxylation sites is 2. The highest BCUT2D eigenvalue weighted by Crippen LogP contribution is 2.33. The SMILES string of the molecule is O=C1N(CCCCN2CCN(c3ccccc3OC3CCCC3)CC2)CCN1C1CCCCC1. The molecule has 0 atom stereocenters. The van der Waals surface area contributed by atoms with Crippen LogP contribution >= 0.6 is 0 Å². The molecule has 2 saturated carbocycles. The van der Waals surface area contributed by atoms with Crippen LogP contribution < -0.4 is 9.64 Å². The van der Waals surface area contributed by atoms with Gasteiger partial charge in [-0.25, -0.2) is 4.79 Å². The molecule has 0 aromatic heterocycles. The van der Waals surface area contributed by atoms with Crippen LogP contribution in [0.4, 0.5) is 10.5 Å². The molecule has 0 bridgehead atoms. The van der Waals surface area contributed by atoms with E-state index >= 15 is 0 Å². The number of piperazine rings is 1. The van der Waals surface area contributed by atoms with Gasteiger partial charge in [-0.3, -0.25) is 4.90 Å². The number of nitrogens with zero attached hydrogens (tertiary/aromatic N) is 4. The molecular formula is C28H44N4O2. The van der Waals surface area contributed by atoms with Crippen LogP contribution in [0.15, 0.2) is 24.3 Å². The number of urea groups is 1. The zero-order chi connectivity index (χ0) is 23.2. The van der Waals surface area contributed by atoms with Crippen molar-refractivity contribution in [2.24, 2.45) is 0 Å². The fourth-order valence-corrected chi connectivity index (χ4v) is 6.39. The summed E-state index contributed by atoms with van der Waals surface area (Å²) < 4.78 is 6.38. The topological polar surface area (TPSA) is 39.3 Å². The molecule has 1 aromatic carbocycles. The van der Waals surface area contributed by atoms with Crippen LogP contribution in [0.3, 0.4) is 0 Å². The van der Waals surface area contributed by atoms with Crippen LogP contribution in [0, 0.1) is 0 Å². The molecule has 0 radical (unpaired) electrons. The first-order valence-electron chi connectivity index (χ1n) is 14.1. The summed E-state index contributed by atoms with van der Waals surface area (Å²) in [5.41, 5.74) is 1.27. The lowest BCUT2D eigenvalue weighted by molar-refractivity contribution is 0.162. The first-order chi connectivity index (χ1) is 16.8. The van der Waals surface area contributed by atoms with Gasteiger partial charge in [0, 0.05) is 51.9 Å². The van der Waals surface area contributed by atoms with Gasteiger partial charge in [0.1, 0.15) is 5.75 Å². The number of benzene rings is 1. The number of amides is 2. The van der Waals surface area contributed by atoms with Crippen molar-refractivity contribution in [3.63, 3.8) is 0 Å². The quantitative estimate of drug-likeness (QED) is 0.479. The minimum atomic E-state index is 0.305. The monoisotopic (exact) mass is 468 g/mol. The Bertz CT molecular complexity index is 782. The molecule has 6 nitrogen and oxygen atoms in total. The average Bonchev–Trinajstić information content (AvgIpc) is 3.53. The maximum Gasteiger partial charge on any atom is 0.320 e. The van der Waals surface area contributed by atoms with Crippen LogP contribution in [-0.2, 0) is 0 Å². The van der Waals surface area contributed by atoms with E-state index in [1.165, 1.54) is 69.9 Å². The van der Waals surface area contributed by atoms with Crippen LogP contribution in [0.2, 0.25) is 0 Å². The first-order valence-corrected chi connectivity index (χ1v) is 14.1. The number of ether oxygens (including phenoxy) is 1. The molecule has 5 rings (SSSR count). The third-order valence-electron chi connectivity index (χ3n) is 8.47. The van der Waals surface area contributed by atoms with Crippen molar-refractivity contribution in [1.29, 1.82) is 0 Å². The summed E-state index contributed by atoms with van der Waals surface area (Å²) in [6.07, 6.45) is 14.0. The Hall–Kier alpha value is -1.95. The molecule has 4 aliphatic rings. The maximum atomic E-state index is 12.8. The second-order valence-electron chi connectivity index (χ2n) is 10.8. The van der Waals surface area contributed by atoms with E-state index in [9.17, 15) is 4.79 Å². The van der Waals surface area contributed by atoms with Gasteiger partial charge in [-0.15, -0.1) is 0 Å². The Labute approximate surface area is 206 Å². The summed E-state index contributed by atoms with van der Waals surface area (Å²) in [7, 11) is 0. The Kier molecular flexibility index (Phi) is 8.15.